The van der Waals surface area contributed by atoms with Gasteiger partial charge in [-0.1, -0.05) is 22.9 Å². The standard InChI is InChI=1S/C13H14BrClN4O/c1-3-6-16-12-17-11(15)18-13(19-12)20-10-5-4-9(14)7-8(10)2/h4-5,7H,3,6H2,1-2H3,(H,16,17,18,19). The molecule has 0 bridgehead atoms. The molecule has 0 aliphatic carbocycles. The average molecular weight is 358 g/mol. The maximum atomic E-state index is 5.87. The molecule has 1 aromatic carbocycles. The molecule has 0 unspecified atom stereocenters. The number of rotatable bonds is 5. The minimum Gasteiger partial charge on any atom is -0.424 e. The maximum Gasteiger partial charge on any atom is 0.328 e. The van der Waals surface area contributed by atoms with Gasteiger partial charge in [0.15, 0.2) is 0 Å². The van der Waals surface area contributed by atoms with Crippen molar-refractivity contribution < 1.29 is 4.74 Å². The summed E-state index contributed by atoms with van der Waals surface area (Å²) in [4.78, 5) is 12.1. The van der Waals surface area contributed by atoms with Crippen molar-refractivity contribution in [2.24, 2.45) is 0 Å². The lowest BCUT2D eigenvalue weighted by molar-refractivity contribution is 0.437. The van der Waals surface area contributed by atoms with Gasteiger partial charge in [-0.3, -0.25) is 0 Å². The molecule has 0 spiro atoms. The first-order chi connectivity index (χ1) is 9.58. The average Bonchev–Trinajstić information content (AvgIpc) is 2.39. The van der Waals surface area contributed by atoms with Gasteiger partial charge in [0.05, 0.1) is 0 Å². The summed E-state index contributed by atoms with van der Waals surface area (Å²) < 4.78 is 6.65. The summed E-state index contributed by atoms with van der Waals surface area (Å²) in [5.74, 6) is 1.09. The third-order valence-electron chi connectivity index (χ3n) is 2.46. The molecule has 1 aromatic heterocycles. The van der Waals surface area contributed by atoms with Gasteiger partial charge in [0.25, 0.3) is 0 Å². The van der Waals surface area contributed by atoms with E-state index in [0.717, 1.165) is 23.0 Å². The highest BCUT2D eigenvalue weighted by atomic mass is 79.9. The smallest absolute Gasteiger partial charge is 0.328 e. The van der Waals surface area contributed by atoms with Crippen molar-refractivity contribution in [3.05, 3.63) is 33.5 Å². The maximum absolute atomic E-state index is 5.87. The molecule has 5 nitrogen and oxygen atoms in total. The van der Waals surface area contributed by atoms with E-state index in [1.54, 1.807) is 0 Å². The third-order valence-corrected chi connectivity index (χ3v) is 3.12. The summed E-state index contributed by atoms with van der Waals surface area (Å²) >= 11 is 9.28. The van der Waals surface area contributed by atoms with Crippen LogP contribution in [0.4, 0.5) is 5.95 Å². The van der Waals surface area contributed by atoms with E-state index < -0.39 is 0 Å². The predicted octanol–water partition coefficient (Wildman–Crippen LogP) is 4.21. The Balaban J connectivity index is 2.21. The minimum absolute atomic E-state index is 0.100. The zero-order valence-electron chi connectivity index (χ0n) is 11.2. The van der Waals surface area contributed by atoms with Crippen molar-refractivity contribution >= 4 is 33.5 Å². The van der Waals surface area contributed by atoms with Crippen molar-refractivity contribution in [3.8, 4) is 11.8 Å². The van der Waals surface area contributed by atoms with Crippen LogP contribution in [0, 0.1) is 6.92 Å². The lowest BCUT2D eigenvalue weighted by Crippen LogP contribution is -2.06. The van der Waals surface area contributed by atoms with E-state index >= 15 is 0 Å². The van der Waals surface area contributed by atoms with Gasteiger partial charge in [0, 0.05) is 11.0 Å². The first kappa shape index (κ1) is 15.0. The quantitative estimate of drug-likeness (QED) is 0.868. The Labute approximate surface area is 130 Å². The number of aromatic nitrogens is 3. The van der Waals surface area contributed by atoms with Crippen LogP contribution in [-0.2, 0) is 0 Å². The van der Waals surface area contributed by atoms with Crippen LogP contribution in [0.5, 0.6) is 11.8 Å². The molecule has 0 radical (unpaired) electrons. The number of aryl methyl sites for hydroxylation is 1. The van der Waals surface area contributed by atoms with Crippen molar-refractivity contribution in [2.45, 2.75) is 20.3 Å². The molecule has 0 aliphatic rings. The number of benzene rings is 1. The fourth-order valence-electron chi connectivity index (χ4n) is 1.52. The summed E-state index contributed by atoms with van der Waals surface area (Å²) in [5, 5.41) is 3.15. The van der Waals surface area contributed by atoms with Gasteiger partial charge in [-0.05, 0) is 48.7 Å². The number of hydrogen-bond donors (Lipinski definition) is 1. The zero-order valence-corrected chi connectivity index (χ0v) is 13.5. The number of anilines is 1. The topological polar surface area (TPSA) is 59.9 Å². The van der Waals surface area contributed by atoms with Crippen LogP contribution in [-0.4, -0.2) is 21.5 Å². The van der Waals surface area contributed by atoms with Crippen LogP contribution in [0.1, 0.15) is 18.9 Å². The van der Waals surface area contributed by atoms with Gasteiger partial charge in [0.2, 0.25) is 11.2 Å². The molecule has 20 heavy (non-hydrogen) atoms. The van der Waals surface area contributed by atoms with Crippen LogP contribution in [0.15, 0.2) is 22.7 Å². The summed E-state index contributed by atoms with van der Waals surface area (Å²) in [6.07, 6.45) is 0.964. The van der Waals surface area contributed by atoms with Crippen molar-refractivity contribution in [3.63, 3.8) is 0 Å². The molecule has 1 N–H and O–H groups in total. The first-order valence-corrected chi connectivity index (χ1v) is 7.35. The Kier molecular flexibility index (Phi) is 5.14. The predicted molar refractivity (Wildman–Crippen MR) is 82.6 cm³/mol. The Morgan fingerprint density at radius 2 is 2.10 bits per heavy atom. The van der Waals surface area contributed by atoms with E-state index in [0.29, 0.717) is 11.7 Å². The van der Waals surface area contributed by atoms with E-state index in [-0.39, 0.29) is 11.3 Å². The molecule has 7 heteroatoms. The number of hydrogen-bond acceptors (Lipinski definition) is 5. The summed E-state index contributed by atoms with van der Waals surface area (Å²) in [5.41, 5.74) is 0.971. The van der Waals surface area contributed by atoms with Gasteiger partial charge < -0.3 is 10.1 Å². The fraction of sp³-hybridized carbons (Fsp3) is 0.308. The van der Waals surface area contributed by atoms with Crippen LogP contribution < -0.4 is 10.1 Å². The molecule has 0 atom stereocenters. The minimum atomic E-state index is 0.100. The Bertz CT molecular complexity index is 609. The van der Waals surface area contributed by atoms with Gasteiger partial charge in [-0.25, -0.2) is 0 Å². The summed E-state index contributed by atoms with van der Waals surface area (Å²) in [6, 6.07) is 5.86. The second-order valence-corrected chi connectivity index (χ2v) is 5.40. The van der Waals surface area contributed by atoms with Crippen molar-refractivity contribution in [1.82, 2.24) is 15.0 Å². The highest BCUT2D eigenvalue weighted by Crippen LogP contribution is 2.26. The lowest BCUT2D eigenvalue weighted by Gasteiger charge is -2.09. The van der Waals surface area contributed by atoms with E-state index in [2.05, 4.69) is 43.1 Å². The Morgan fingerprint density at radius 3 is 2.80 bits per heavy atom. The van der Waals surface area contributed by atoms with E-state index in [4.69, 9.17) is 16.3 Å². The molecule has 0 amide bonds. The molecular weight excluding hydrogens is 344 g/mol. The van der Waals surface area contributed by atoms with Gasteiger partial charge >= 0.3 is 6.01 Å². The Morgan fingerprint density at radius 1 is 1.30 bits per heavy atom. The van der Waals surface area contributed by atoms with Crippen LogP contribution in [0.25, 0.3) is 0 Å². The monoisotopic (exact) mass is 356 g/mol. The molecule has 0 saturated carbocycles. The van der Waals surface area contributed by atoms with Gasteiger partial charge in [-0.2, -0.15) is 15.0 Å². The van der Waals surface area contributed by atoms with Crippen molar-refractivity contribution in [2.75, 3.05) is 11.9 Å². The molecule has 2 aromatic rings. The molecule has 2 rings (SSSR count). The molecular formula is C13H14BrClN4O. The number of halogens is 2. The van der Waals surface area contributed by atoms with E-state index in [9.17, 15) is 0 Å². The van der Waals surface area contributed by atoms with Crippen LogP contribution in [0.2, 0.25) is 5.28 Å². The fourth-order valence-corrected chi connectivity index (χ4v) is 2.15. The molecule has 0 fully saturated rings. The van der Waals surface area contributed by atoms with E-state index in [1.165, 1.54) is 0 Å². The van der Waals surface area contributed by atoms with Crippen LogP contribution in [0.3, 0.4) is 0 Å². The lowest BCUT2D eigenvalue weighted by atomic mass is 10.2. The second kappa shape index (κ2) is 6.85. The summed E-state index contributed by atoms with van der Waals surface area (Å²) in [7, 11) is 0. The molecule has 106 valence electrons. The van der Waals surface area contributed by atoms with E-state index in [1.807, 2.05) is 25.1 Å². The third kappa shape index (κ3) is 4.05. The highest BCUT2D eigenvalue weighted by Gasteiger charge is 2.08. The normalized spacial score (nSPS) is 10.4. The Hall–Kier alpha value is -1.40. The van der Waals surface area contributed by atoms with Gasteiger partial charge in [-0.15, -0.1) is 0 Å². The largest absolute Gasteiger partial charge is 0.424 e. The molecule has 0 saturated heterocycles. The number of nitrogens with zero attached hydrogens (tertiary/aromatic N) is 3. The van der Waals surface area contributed by atoms with Crippen LogP contribution >= 0.6 is 27.5 Å². The zero-order chi connectivity index (χ0) is 14.5. The van der Waals surface area contributed by atoms with Crippen molar-refractivity contribution in [1.29, 1.82) is 0 Å². The summed E-state index contributed by atoms with van der Waals surface area (Å²) in [6.45, 7) is 4.76. The highest BCUT2D eigenvalue weighted by molar-refractivity contribution is 9.10. The number of nitrogens with one attached hydrogen (secondary N) is 1. The second-order valence-electron chi connectivity index (χ2n) is 4.15. The molecule has 0 aliphatic heterocycles. The number of ether oxygens (including phenoxy) is 1. The SMILES string of the molecule is CCCNc1nc(Cl)nc(Oc2ccc(Br)cc2C)n1. The molecule has 1 heterocycles. The van der Waals surface area contributed by atoms with Gasteiger partial charge in [0.1, 0.15) is 5.75 Å². The first-order valence-electron chi connectivity index (χ1n) is 6.18.